The van der Waals surface area contributed by atoms with Gasteiger partial charge in [0.1, 0.15) is 5.01 Å². The minimum absolute atomic E-state index is 0.0561. The van der Waals surface area contributed by atoms with Gasteiger partial charge in [0.05, 0.1) is 40.8 Å². The molecule has 218 valence electrons. The number of carbonyl (C=O) groups excluding carboxylic acids is 2. The molecule has 0 atom stereocenters. The van der Waals surface area contributed by atoms with Crippen LogP contribution in [-0.4, -0.2) is 63.0 Å². The monoisotopic (exact) mass is 612 g/mol. The second-order valence-electron chi connectivity index (χ2n) is 10.1. The molecular formula is C32H28N4O5S2. The van der Waals surface area contributed by atoms with E-state index in [0.29, 0.717) is 0 Å². The molecule has 1 aromatic heterocycles. The number of sulfone groups is 1. The third kappa shape index (κ3) is 6.38. The number of ether oxygens (including phenoxy) is 1. The summed E-state index contributed by atoms with van der Waals surface area (Å²) in [6.45, 7) is 4.71. The first-order valence-corrected chi connectivity index (χ1v) is 16.1. The summed E-state index contributed by atoms with van der Waals surface area (Å²) < 4.78 is 31.8. The molecule has 2 amide bonds. The Morgan fingerprint density at radius 1 is 1.05 bits per heavy atom. The number of nitrogens with zero attached hydrogens (tertiary/aromatic N) is 2. The van der Waals surface area contributed by atoms with Crippen LogP contribution in [0.25, 0.3) is 10.6 Å². The molecule has 0 aliphatic carbocycles. The van der Waals surface area contributed by atoms with Crippen molar-refractivity contribution in [3.8, 4) is 22.4 Å². The van der Waals surface area contributed by atoms with E-state index >= 15 is 0 Å². The van der Waals surface area contributed by atoms with Crippen molar-refractivity contribution in [1.29, 1.82) is 0 Å². The predicted molar refractivity (Wildman–Crippen MR) is 164 cm³/mol. The Morgan fingerprint density at radius 3 is 2.65 bits per heavy atom. The number of carbonyl (C=O) groups is 2. The summed E-state index contributed by atoms with van der Waals surface area (Å²) in [5, 5.41) is 6.32. The first-order valence-electron chi connectivity index (χ1n) is 13.8. The smallest absolute Gasteiger partial charge is 0.257 e. The van der Waals surface area contributed by atoms with Gasteiger partial charge in [-0.15, -0.1) is 11.3 Å². The van der Waals surface area contributed by atoms with Crippen molar-refractivity contribution in [2.24, 2.45) is 0 Å². The predicted octanol–water partition coefficient (Wildman–Crippen LogP) is 4.21. The van der Waals surface area contributed by atoms with Crippen LogP contribution < -0.4 is 10.6 Å². The molecule has 0 spiro atoms. The van der Waals surface area contributed by atoms with E-state index in [1.165, 1.54) is 41.7 Å². The molecule has 6 rings (SSSR count). The molecular weight excluding hydrogens is 585 g/mol. The molecule has 11 heteroatoms. The maximum atomic E-state index is 13.2. The first kappa shape index (κ1) is 28.8. The lowest BCUT2D eigenvalue weighted by Gasteiger charge is -2.25. The molecule has 1 saturated heterocycles. The van der Waals surface area contributed by atoms with Crippen LogP contribution in [-0.2, 0) is 21.1 Å². The Kier molecular flexibility index (Phi) is 8.35. The van der Waals surface area contributed by atoms with Crippen molar-refractivity contribution in [2.75, 3.05) is 38.2 Å². The van der Waals surface area contributed by atoms with Crippen molar-refractivity contribution < 1.29 is 22.7 Å². The molecule has 0 bridgehead atoms. The second-order valence-corrected chi connectivity index (χ2v) is 13.1. The van der Waals surface area contributed by atoms with Gasteiger partial charge in [0.15, 0.2) is 0 Å². The minimum atomic E-state index is -3.94. The summed E-state index contributed by atoms with van der Waals surface area (Å²) in [7, 11) is -3.94. The van der Waals surface area contributed by atoms with Gasteiger partial charge in [-0.1, -0.05) is 36.1 Å². The average molecular weight is 613 g/mol. The second kappa shape index (κ2) is 12.5. The van der Waals surface area contributed by atoms with Gasteiger partial charge in [-0.25, -0.2) is 13.4 Å². The van der Waals surface area contributed by atoms with Crippen LogP contribution in [0.5, 0.6) is 0 Å². The van der Waals surface area contributed by atoms with Crippen LogP contribution >= 0.6 is 11.3 Å². The third-order valence-electron chi connectivity index (χ3n) is 7.20. The summed E-state index contributed by atoms with van der Waals surface area (Å²) in [4.78, 5) is 33.3. The highest BCUT2D eigenvalue weighted by Crippen LogP contribution is 2.34. The van der Waals surface area contributed by atoms with Crippen molar-refractivity contribution in [3.05, 3.63) is 94.5 Å². The van der Waals surface area contributed by atoms with Gasteiger partial charge in [-0.3, -0.25) is 14.5 Å². The number of rotatable bonds is 6. The van der Waals surface area contributed by atoms with Gasteiger partial charge >= 0.3 is 0 Å². The molecule has 0 radical (unpaired) electrons. The lowest BCUT2D eigenvalue weighted by atomic mass is 10.1. The van der Waals surface area contributed by atoms with E-state index in [0.717, 1.165) is 60.3 Å². The molecule has 2 N–H and O–H groups in total. The maximum absolute atomic E-state index is 13.2. The number of hydrogen-bond acceptors (Lipinski definition) is 8. The number of aromatic nitrogens is 1. The summed E-state index contributed by atoms with van der Waals surface area (Å²) >= 11 is 1.47. The van der Waals surface area contributed by atoms with E-state index in [2.05, 4.69) is 32.4 Å². The summed E-state index contributed by atoms with van der Waals surface area (Å²) in [5.74, 6) is 5.52. The van der Waals surface area contributed by atoms with Crippen molar-refractivity contribution in [2.45, 2.75) is 22.8 Å². The third-order valence-corrected chi connectivity index (χ3v) is 10.1. The number of nitrogens with one attached hydrogen (secondary N) is 2. The molecule has 3 aromatic carbocycles. The molecule has 9 nitrogen and oxygen atoms in total. The lowest BCUT2D eigenvalue weighted by molar-refractivity contribution is 0.0390. The number of morpholine rings is 1. The van der Waals surface area contributed by atoms with Crippen LogP contribution in [0, 0.1) is 11.8 Å². The molecule has 4 aromatic rings. The molecule has 0 unspecified atom stereocenters. The highest BCUT2D eigenvalue weighted by Gasteiger charge is 2.31. The average Bonchev–Trinajstić information content (AvgIpc) is 3.49. The van der Waals surface area contributed by atoms with Crippen LogP contribution in [0.2, 0.25) is 0 Å². The van der Waals surface area contributed by atoms with Gasteiger partial charge in [0.2, 0.25) is 9.84 Å². The Labute approximate surface area is 253 Å². The van der Waals surface area contributed by atoms with E-state index in [-0.39, 0.29) is 33.2 Å². The minimum Gasteiger partial charge on any atom is -0.379 e. The maximum Gasteiger partial charge on any atom is 0.257 e. The molecule has 1 fully saturated rings. The topological polar surface area (TPSA) is 118 Å². The summed E-state index contributed by atoms with van der Waals surface area (Å²) in [5.41, 5.74) is 2.27. The van der Waals surface area contributed by atoms with E-state index in [9.17, 15) is 18.0 Å². The quantitative estimate of drug-likeness (QED) is 0.313. The lowest BCUT2D eigenvalue weighted by Crippen LogP contribution is -2.36. The van der Waals surface area contributed by atoms with Gasteiger partial charge < -0.3 is 15.4 Å². The van der Waals surface area contributed by atoms with Crippen molar-refractivity contribution in [3.63, 3.8) is 0 Å². The van der Waals surface area contributed by atoms with Crippen LogP contribution in [0.1, 0.15) is 37.6 Å². The standard InChI is InChI=1S/C32H28N4O5S2/c37-30(24-12-13-29-27(19-24)35-31(38)26-6-1-2-7-28(26)43(29,39)40)33-20-25-21-34-32(42-25)23-10-8-22(9-11-23)5-3-4-14-36-15-17-41-18-16-36/h1-2,6-13,19,21H,4,14-18,20H2,(H,33,37)(H,35,38). The van der Waals surface area contributed by atoms with Gasteiger partial charge in [0, 0.05) is 53.8 Å². The number of thiazole rings is 1. The number of fused-ring (bicyclic) bond motifs is 2. The molecule has 0 saturated carbocycles. The zero-order valence-electron chi connectivity index (χ0n) is 23.1. The zero-order valence-corrected chi connectivity index (χ0v) is 24.8. The number of hydrogen-bond donors (Lipinski definition) is 2. The molecule has 2 aliphatic rings. The van der Waals surface area contributed by atoms with E-state index in [4.69, 9.17) is 4.74 Å². The molecule has 2 aliphatic heterocycles. The SMILES string of the molecule is O=C(NCc1cnc(-c2ccc(C#CCCN3CCOCC3)cc2)s1)c1ccc2c(c1)NC(=O)c1ccccc1S2(=O)=O. The highest BCUT2D eigenvalue weighted by atomic mass is 32.2. The fourth-order valence-electron chi connectivity index (χ4n) is 4.89. The van der Waals surface area contributed by atoms with E-state index < -0.39 is 21.7 Å². The van der Waals surface area contributed by atoms with E-state index in [1.54, 1.807) is 18.3 Å². The van der Waals surface area contributed by atoms with Crippen molar-refractivity contribution in [1.82, 2.24) is 15.2 Å². The molecule has 43 heavy (non-hydrogen) atoms. The van der Waals surface area contributed by atoms with Crippen LogP contribution in [0.3, 0.4) is 0 Å². The van der Waals surface area contributed by atoms with Crippen LogP contribution in [0.15, 0.2) is 82.7 Å². The van der Waals surface area contributed by atoms with Gasteiger partial charge in [0.25, 0.3) is 11.8 Å². The Hall–Kier alpha value is -4.34. The number of benzene rings is 3. The van der Waals surface area contributed by atoms with Crippen molar-refractivity contribution >= 4 is 38.7 Å². The van der Waals surface area contributed by atoms with Gasteiger partial charge in [-0.2, -0.15) is 0 Å². The van der Waals surface area contributed by atoms with Crippen LogP contribution in [0.4, 0.5) is 5.69 Å². The number of amides is 2. The number of anilines is 1. The Bertz CT molecular complexity index is 1850. The fraction of sp³-hybridized carbons (Fsp3) is 0.219. The summed E-state index contributed by atoms with van der Waals surface area (Å²) in [6, 6.07) is 18.2. The van der Waals surface area contributed by atoms with Gasteiger partial charge in [-0.05, 0) is 42.5 Å². The largest absolute Gasteiger partial charge is 0.379 e. The Morgan fingerprint density at radius 2 is 1.84 bits per heavy atom. The normalized spacial score (nSPS) is 15.7. The highest BCUT2D eigenvalue weighted by molar-refractivity contribution is 7.91. The zero-order chi connectivity index (χ0) is 29.8. The van der Waals surface area contributed by atoms with E-state index in [1.807, 2.05) is 24.3 Å². The molecule has 3 heterocycles. The summed E-state index contributed by atoms with van der Waals surface area (Å²) in [6.07, 6.45) is 2.54. The Balaban J connectivity index is 1.07. The fourth-order valence-corrected chi connectivity index (χ4v) is 7.34. The first-order chi connectivity index (χ1) is 20.9.